The second-order valence-electron chi connectivity index (χ2n) is 6.95. The highest BCUT2D eigenvalue weighted by atomic mass is 32.2. The van der Waals surface area contributed by atoms with Crippen LogP contribution in [0.15, 0.2) is 46.9 Å². The van der Waals surface area contributed by atoms with Crippen LogP contribution in [0.1, 0.15) is 31.9 Å². The number of hydrogen-bond donors (Lipinski definition) is 0. The van der Waals surface area contributed by atoms with Gasteiger partial charge in [-0.3, -0.25) is 0 Å². The molecule has 0 spiro atoms. The quantitative estimate of drug-likeness (QED) is 0.340. The normalized spacial score (nSPS) is 14.2. The standard InChI is InChI=1S/C19H17F6NO2S/c1-18(2,3)29(27)26-16(11-4-6-13(20)7-5-11)12-8-14(21)10-15(9-12)28-19(24,25)17(22)23/h4-10,17H,1-3H3/b26-16-/t29-/m0/s1. The molecule has 0 aliphatic carbocycles. The Bertz CT molecular complexity index is 881. The molecule has 0 heterocycles. The van der Waals surface area contributed by atoms with E-state index in [9.17, 15) is 30.9 Å². The summed E-state index contributed by atoms with van der Waals surface area (Å²) in [4.78, 5) is 0. The van der Waals surface area contributed by atoms with Crippen LogP contribution in [0.5, 0.6) is 5.75 Å². The smallest absolute Gasteiger partial charge is 0.461 e. The van der Waals surface area contributed by atoms with Crippen molar-refractivity contribution in [3.63, 3.8) is 0 Å². The number of nitrogens with zero attached hydrogens (tertiary/aromatic N) is 1. The van der Waals surface area contributed by atoms with Crippen molar-refractivity contribution in [1.82, 2.24) is 0 Å². The molecule has 0 radical (unpaired) electrons. The first-order valence-electron chi connectivity index (χ1n) is 8.22. The SMILES string of the molecule is CC(C)(C)[S@+]([O-])/N=C(/c1ccc(F)cc1)c1cc(F)cc(OC(F)(F)C(F)F)c1. The molecule has 2 aromatic carbocycles. The van der Waals surface area contributed by atoms with Gasteiger partial charge in [-0.05, 0) is 57.2 Å². The molecule has 0 aliphatic rings. The molecule has 0 amide bonds. The Balaban J connectivity index is 2.59. The molecule has 0 saturated heterocycles. The topological polar surface area (TPSA) is 44.7 Å². The molecule has 3 nitrogen and oxygen atoms in total. The van der Waals surface area contributed by atoms with Gasteiger partial charge in [0.1, 0.15) is 39.2 Å². The van der Waals surface area contributed by atoms with Gasteiger partial charge in [0.05, 0.1) is 0 Å². The maximum absolute atomic E-state index is 14.0. The lowest BCUT2D eigenvalue weighted by atomic mass is 10.0. The molecule has 158 valence electrons. The van der Waals surface area contributed by atoms with Gasteiger partial charge < -0.3 is 9.29 Å². The molecule has 0 N–H and O–H groups in total. The van der Waals surface area contributed by atoms with Crippen LogP contribution in [-0.4, -0.2) is 27.5 Å². The highest BCUT2D eigenvalue weighted by Gasteiger charge is 2.44. The van der Waals surface area contributed by atoms with Crippen molar-refractivity contribution in [3.8, 4) is 5.75 Å². The fraction of sp³-hybridized carbons (Fsp3) is 0.316. The Morgan fingerprint density at radius 1 is 0.966 bits per heavy atom. The minimum absolute atomic E-state index is 0.108. The van der Waals surface area contributed by atoms with Crippen LogP contribution in [-0.2, 0) is 11.4 Å². The zero-order chi connectivity index (χ0) is 22.0. The number of alkyl halides is 4. The molecule has 0 unspecified atom stereocenters. The Morgan fingerprint density at radius 3 is 2.07 bits per heavy atom. The molecule has 0 fully saturated rings. The first-order chi connectivity index (χ1) is 13.3. The third-order valence-electron chi connectivity index (χ3n) is 3.47. The van der Waals surface area contributed by atoms with E-state index < -0.39 is 46.0 Å². The second kappa shape index (κ2) is 8.66. The van der Waals surface area contributed by atoms with E-state index in [-0.39, 0.29) is 16.8 Å². The minimum atomic E-state index is -4.84. The summed E-state index contributed by atoms with van der Waals surface area (Å²) in [6.45, 7) is 4.87. The average Bonchev–Trinajstić information content (AvgIpc) is 2.58. The fourth-order valence-electron chi connectivity index (χ4n) is 2.06. The minimum Gasteiger partial charge on any atom is -0.591 e. The van der Waals surface area contributed by atoms with Gasteiger partial charge in [0.15, 0.2) is 0 Å². The van der Waals surface area contributed by atoms with Crippen molar-refractivity contribution in [3.05, 3.63) is 65.2 Å². The molecule has 29 heavy (non-hydrogen) atoms. The first kappa shape index (κ1) is 23.1. The molecule has 2 aromatic rings. The summed E-state index contributed by atoms with van der Waals surface area (Å²) in [5.74, 6) is -2.52. The van der Waals surface area contributed by atoms with E-state index in [4.69, 9.17) is 0 Å². The molecule has 10 heteroatoms. The number of rotatable bonds is 6. The van der Waals surface area contributed by atoms with E-state index >= 15 is 0 Å². The van der Waals surface area contributed by atoms with Crippen LogP contribution in [0, 0.1) is 11.6 Å². The molecular formula is C19H17F6NO2S. The first-order valence-corrected chi connectivity index (χ1v) is 9.33. The van der Waals surface area contributed by atoms with Crippen molar-refractivity contribution in [2.45, 2.75) is 38.1 Å². The van der Waals surface area contributed by atoms with E-state index in [1.54, 1.807) is 20.8 Å². The van der Waals surface area contributed by atoms with Crippen LogP contribution in [0.3, 0.4) is 0 Å². The van der Waals surface area contributed by atoms with Gasteiger partial charge in [0, 0.05) is 17.2 Å². The summed E-state index contributed by atoms with van der Waals surface area (Å²) in [5.41, 5.74) is -0.0570. The van der Waals surface area contributed by atoms with Crippen LogP contribution < -0.4 is 4.74 Å². The van der Waals surface area contributed by atoms with Crippen LogP contribution in [0.2, 0.25) is 0 Å². The fourth-order valence-corrected chi connectivity index (χ4v) is 2.71. The summed E-state index contributed by atoms with van der Waals surface area (Å²) >= 11 is -1.85. The molecule has 0 aliphatic heterocycles. The molecule has 0 aromatic heterocycles. The van der Waals surface area contributed by atoms with Gasteiger partial charge in [-0.15, -0.1) is 0 Å². The third-order valence-corrected chi connectivity index (χ3v) is 4.86. The highest BCUT2D eigenvalue weighted by molar-refractivity contribution is 7.91. The summed E-state index contributed by atoms with van der Waals surface area (Å²) in [6.07, 6.45) is -8.97. The lowest BCUT2D eigenvalue weighted by molar-refractivity contribution is -0.253. The maximum atomic E-state index is 14.0. The van der Waals surface area contributed by atoms with E-state index in [1.807, 2.05) is 0 Å². The van der Waals surface area contributed by atoms with Crippen LogP contribution in [0.4, 0.5) is 26.3 Å². The number of halogens is 6. The molecule has 0 saturated carbocycles. The zero-order valence-electron chi connectivity index (χ0n) is 15.6. The Morgan fingerprint density at radius 2 is 1.55 bits per heavy atom. The van der Waals surface area contributed by atoms with Crippen LogP contribution in [0.25, 0.3) is 0 Å². The largest absolute Gasteiger partial charge is 0.591 e. The Hall–Kier alpha value is -2.20. The summed E-state index contributed by atoms with van der Waals surface area (Å²) in [7, 11) is 0. The highest BCUT2D eigenvalue weighted by Crippen LogP contribution is 2.30. The molecule has 1 atom stereocenters. The van der Waals surface area contributed by atoms with Crippen molar-refractivity contribution in [2.75, 3.05) is 0 Å². The average molecular weight is 437 g/mol. The monoisotopic (exact) mass is 437 g/mol. The summed E-state index contributed by atoms with van der Waals surface area (Å²) in [5, 5.41) is 0. The third kappa shape index (κ3) is 6.14. The van der Waals surface area contributed by atoms with Crippen molar-refractivity contribution in [1.29, 1.82) is 0 Å². The van der Waals surface area contributed by atoms with Gasteiger partial charge in [-0.25, -0.2) is 8.78 Å². The van der Waals surface area contributed by atoms with Crippen molar-refractivity contribution in [2.24, 2.45) is 4.40 Å². The lowest BCUT2D eigenvalue weighted by Gasteiger charge is -2.20. The van der Waals surface area contributed by atoms with E-state index in [0.717, 1.165) is 24.3 Å². The van der Waals surface area contributed by atoms with Crippen molar-refractivity contribution < 1.29 is 35.6 Å². The lowest BCUT2D eigenvalue weighted by Crippen LogP contribution is -2.33. The van der Waals surface area contributed by atoms with Gasteiger partial charge in [-0.2, -0.15) is 17.6 Å². The molecule has 2 rings (SSSR count). The van der Waals surface area contributed by atoms with Gasteiger partial charge in [0.25, 0.3) is 0 Å². The number of ether oxygens (including phenoxy) is 1. The molecular weight excluding hydrogens is 420 g/mol. The summed E-state index contributed by atoms with van der Waals surface area (Å²) < 4.78 is 98.1. The predicted molar refractivity (Wildman–Crippen MR) is 97.9 cm³/mol. The number of hydrogen-bond acceptors (Lipinski definition) is 3. The predicted octanol–water partition coefficient (Wildman–Crippen LogP) is 5.50. The second-order valence-corrected chi connectivity index (χ2v) is 8.85. The van der Waals surface area contributed by atoms with Gasteiger partial charge in [0.2, 0.25) is 0 Å². The van der Waals surface area contributed by atoms with Gasteiger partial charge in [-0.1, -0.05) is 4.40 Å². The molecule has 0 bridgehead atoms. The maximum Gasteiger partial charge on any atom is 0.461 e. The zero-order valence-corrected chi connectivity index (χ0v) is 16.4. The van der Waals surface area contributed by atoms with E-state index in [1.165, 1.54) is 12.1 Å². The number of benzene rings is 2. The van der Waals surface area contributed by atoms with Crippen LogP contribution >= 0.6 is 0 Å². The summed E-state index contributed by atoms with van der Waals surface area (Å²) in [6, 6.07) is 6.94. The van der Waals surface area contributed by atoms with Gasteiger partial charge >= 0.3 is 12.5 Å². The Kier molecular flexibility index (Phi) is 6.89. The Labute approximate surface area is 166 Å². The van der Waals surface area contributed by atoms with Crippen molar-refractivity contribution >= 4 is 17.1 Å². The van der Waals surface area contributed by atoms with E-state index in [0.29, 0.717) is 6.07 Å². The van der Waals surface area contributed by atoms with E-state index in [2.05, 4.69) is 9.13 Å².